The van der Waals surface area contributed by atoms with Crippen LogP contribution in [0.4, 0.5) is 11.8 Å². The van der Waals surface area contributed by atoms with Crippen LogP contribution in [-0.2, 0) is 14.3 Å². The predicted octanol–water partition coefficient (Wildman–Crippen LogP) is 1.78. The zero-order valence-electron chi connectivity index (χ0n) is 14.2. The van der Waals surface area contributed by atoms with Gasteiger partial charge in [0.15, 0.2) is 0 Å². The second-order valence-corrected chi connectivity index (χ2v) is 6.77. The molecule has 1 saturated carbocycles. The van der Waals surface area contributed by atoms with E-state index in [-0.39, 0.29) is 23.4 Å². The molecule has 1 aliphatic heterocycles. The summed E-state index contributed by atoms with van der Waals surface area (Å²) in [5.74, 6) is 1.00. The van der Waals surface area contributed by atoms with Crippen LogP contribution in [0.15, 0.2) is 12.3 Å². The van der Waals surface area contributed by atoms with Gasteiger partial charge < -0.3 is 20.1 Å². The zero-order valence-corrected chi connectivity index (χ0v) is 14.2. The maximum absolute atomic E-state index is 12.7. The first-order valence-electron chi connectivity index (χ1n) is 8.66. The highest BCUT2D eigenvalue weighted by molar-refractivity contribution is 5.78. The average Bonchev–Trinajstić information content (AvgIpc) is 2.54. The van der Waals surface area contributed by atoms with Gasteiger partial charge in [0.25, 0.3) is 0 Å². The Labute approximate surface area is 142 Å². The Morgan fingerprint density at radius 3 is 2.96 bits per heavy atom. The zero-order chi connectivity index (χ0) is 17.0. The fraction of sp³-hybridized carbons (Fsp3) is 0.706. The monoisotopic (exact) mass is 334 g/mol. The number of methoxy groups -OCH3 is 1. The number of anilines is 2. The Morgan fingerprint density at radius 2 is 2.29 bits per heavy atom. The molecule has 0 bridgehead atoms. The summed E-state index contributed by atoms with van der Waals surface area (Å²) in [7, 11) is 1.67. The maximum atomic E-state index is 12.7. The summed E-state index contributed by atoms with van der Waals surface area (Å²) in [5, 5.41) is 0. The van der Waals surface area contributed by atoms with Crippen LogP contribution in [0.3, 0.4) is 0 Å². The molecule has 3 rings (SSSR count). The Morgan fingerprint density at radius 1 is 1.46 bits per heavy atom. The fourth-order valence-electron chi connectivity index (χ4n) is 3.52. The molecule has 0 radical (unpaired) electrons. The summed E-state index contributed by atoms with van der Waals surface area (Å²) >= 11 is 0. The van der Waals surface area contributed by atoms with Crippen LogP contribution < -0.4 is 10.6 Å². The molecule has 2 aliphatic rings. The van der Waals surface area contributed by atoms with Crippen LogP contribution in [0.1, 0.15) is 38.5 Å². The third-order valence-electron chi connectivity index (χ3n) is 5.16. The molecule has 2 N–H and O–H groups in total. The SMILES string of the molecule is COCCC1(C(=O)OC2CCCN(c3ccnc(N)n3)C2)CCC1. The largest absolute Gasteiger partial charge is 0.460 e. The number of carbonyl (C=O) groups excluding carboxylic acids is 1. The second kappa shape index (κ2) is 7.34. The molecule has 132 valence electrons. The normalized spacial score (nSPS) is 22.7. The smallest absolute Gasteiger partial charge is 0.312 e. The van der Waals surface area contributed by atoms with Crippen molar-refractivity contribution in [3.8, 4) is 0 Å². The van der Waals surface area contributed by atoms with Gasteiger partial charge >= 0.3 is 5.97 Å². The van der Waals surface area contributed by atoms with Crippen LogP contribution >= 0.6 is 0 Å². The fourth-order valence-corrected chi connectivity index (χ4v) is 3.52. The number of rotatable bonds is 6. The van der Waals surface area contributed by atoms with E-state index in [9.17, 15) is 4.79 Å². The molecule has 0 spiro atoms. The van der Waals surface area contributed by atoms with Gasteiger partial charge in [-0.15, -0.1) is 0 Å². The number of nitrogen functional groups attached to an aromatic ring is 1. The third-order valence-corrected chi connectivity index (χ3v) is 5.16. The van der Waals surface area contributed by atoms with E-state index >= 15 is 0 Å². The standard InChI is InChI=1S/C17H26N4O3/c1-23-11-8-17(6-3-7-17)15(22)24-13-4-2-10-21(12-13)14-5-9-19-16(18)20-14/h5,9,13H,2-4,6-8,10-12H2,1H3,(H2,18,19,20). The second-order valence-electron chi connectivity index (χ2n) is 6.77. The first kappa shape index (κ1) is 17.0. The lowest BCUT2D eigenvalue weighted by atomic mass is 9.67. The van der Waals surface area contributed by atoms with Gasteiger partial charge in [-0.3, -0.25) is 4.79 Å². The Bertz CT molecular complexity index is 577. The molecule has 1 aliphatic carbocycles. The summed E-state index contributed by atoms with van der Waals surface area (Å²) in [4.78, 5) is 23.0. The highest BCUT2D eigenvalue weighted by Gasteiger charge is 2.46. The van der Waals surface area contributed by atoms with E-state index in [1.165, 1.54) is 0 Å². The van der Waals surface area contributed by atoms with Crippen molar-refractivity contribution in [1.82, 2.24) is 9.97 Å². The summed E-state index contributed by atoms with van der Waals surface area (Å²) in [6.45, 7) is 2.15. The number of ether oxygens (including phenoxy) is 2. The van der Waals surface area contributed by atoms with E-state index in [0.717, 1.165) is 50.9 Å². The minimum Gasteiger partial charge on any atom is -0.460 e. The molecular weight excluding hydrogens is 308 g/mol. The first-order chi connectivity index (χ1) is 11.6. The van der Waals surface area contributed by atoms with E-state index < -0.39 is 0 Å². The van der Waals surface area contributed by atoms with Crippen LogP contribution in [-0.4, -0.2) is 48.8 Å². The molecule has 2 heterocycles. The molecule has 1 aromatic heterocycles. The number of hydrogen-bond donors (Lipinski definition) is 1. The summed E-state index contributed by atoms with van der Waals surface area (Å²) in [6, 6.07) is 1.84. The topological polar surface area (TPSA) is 90.6 Å². The van der Waals surface area contributed by atoms with Crippen molar-refractivity contribution in [2.75, 3.05) is 37.4 Å². The lowest BCUT2D eigenvalue weighted by Gasteiger charge is -2.41. The summed E-state index contributed by atoms with van der Waals surface area (Å²) in [5.41, 5.74) is 5.34. The molecule has 1 saturated heterocycles. The molecule has 24 heavy (non-hydrogen) atoms. The Hall–Kier alpha value is -1.89. The van der Waals surface area contributed by atoms with E-state index in [4.69, 9.17) is 15.2 Å². The number of nitrogens with zero attached hydrogens (tertiary/aromatic N) is 3. The van der Waals surface area contributed by atoms with Crippen molar-refractivity contribution in [3.05, 3.63) is 12.3 Å². The minimum absolute atomic E-state index is 0.0557. The Kier molecular flexibility index (Phi) is 5.18. The van der Waals surface area contributed by atoms with E-state index in [1.54, 1.807) is 13.3 Å². The van der Waals surface area contributed by atoms with Gasteiger partial charge in [-0.1, -0.05) is 6.42 Å². The number of nitrogens with two attached hydrogens (primary N) is 1. The Balaban J connectivity index is 1.60. The lowest BCUT2D eigenvalue weighted by Crippen LogP contribution is -2.46. The van der Waals surface area contributed by atoms with Crippen LogP contribution in [0.2, 0.25) is 0 Å². The average molecular weight is 334 g/mol. The summed E-state index contributed by atoms with van der Waals surface area (Å²) in [6.07, 6.45) is 7.08. The molecule has 7 heteroatoms. The van der Waals surface area contributed by atoms with E-state index in [0.29, 0.717) is 13.2 Å². The maximum Gasteiger partial charge on any atom is 0.312 e. The highest BCUT2D eigenvalue weighted by Crippen LogP contribution is 2.45. The molecule has 0 aromatic carbocycles. The van der Waals surface area contributed by atoms with E-state index in [2.05, 4.69) is 14.9 Å². The van der Waals surface area contributed by atoms with Gasteiger partial charge in [0.05, 0.1) is 12.0 Å². The van der Waals surface area contributed by atoms with Crippen molar-refractivity contribution in [2.45, 2.75) is 44.6 Å². The van der Waals surface area contributed by atoms with Gasteiger partial charge in [-0.25, -0.2) is 4.98 Å². The highest BCUT2D eigenvalue weighted by atomic mass is 16.5. The van der Waals surface area contributed by atoms with Gasteiger partial charge in [0, 0.05) is 26.5 Å². The predicted molar refractivity (Wildman–Crippen MR) is 90.5 cm³/mol. The molecular formula is C17H26N4O3. The van der Waals surface area contributed by atoms with Crippen molar-refractivity contribution in [1.29, 1.82) is 0 Å². The van der Waals surface area contributed by atoms with Gasteiger partial charge in [-0.2, -0.15) is 4.98 Å². The van der Waals surface area contributed by atoms with Gasteiger partial charge in [0.1, 0.15) is 11.9 Å². The van der Waals surface area contributed by atoms with Crippen molar-refractivity contribution >= 4 is 17.7 Å². The van der Waals surface area contributed by atoms with Gasteiger partial charge in [0.2, 0.25) is 5.95 Å². The summed E-state index contributed by atoms with van der Waals surface area (Å²) < 4.78 is 11.0. The van der Waals surface area contributed by atoms with Gasteiger partial charge in [-0.05, 0) is 38.2 Å². The van der Waals surface area contributed by atoms with Crippen LogP contribution in [0, 0.1) is 5.41 Å². The van der Waals surface area contributed by atoms with Crippen LogP contribution in [0.5, 0.6) is 0 Å². The quantitative estimate of drug-likeness (QED) is 0.793. The minimum atomic E-state index is -0.322. The first-order valence-corrected chi connectivity index (χ1v) is 8.66. The molecule has 1 aromatic rings. The molecule has 7 nitrogen and oxygen atoms in total. The molecule has 0 amide bonds. The van der Waals surface area contributed by atoms with Crippen molar-refractivity contribution in [2.24, 2.45) is 5.41 Å². The molecule has 1 unspecified atom stereocenters. The van der Waals surface area contributed by atoms with E-state index in [1.807, 2.05) is 6.07 Å². The number of piperidine rings is 1. The molecule has 2 fully saturated rings. The van der Waals surface area contributed by atoms with Crippen molar-refractivity contribution in [3.63, 3.8) is 0 Å². The molecule has 1 atom stereocenters. The van der Waals surface area contributed by atoms with Crippen LogP contribution in [0.25, 0.3) is 0 Å². The number of aromatic nitrogens is 2. The number of carbonyl (C=O) groups is 1. The number of esters is 1. The van der Waals surface area contributed by atoms with Crippen molar-refractivity contribution < 1.29 is 14.3 Å². The number of hydrogen-bond acceptors (Lipinski definition) is 7. The third kappa shape index (κ3) is 3.61. The lowest BCUT2D eigenvalue weighted by molar-refractivity contribution is -0.169.